The Morgan fingerprint density at radius 3 is 2.94 bits per heavy atom. The lowest BCUT2D eigenvalue weighted by atomic mass is 10.2. The zero-order valence-corrected chi connectivity index (χ0v) is 11.9. The molecule has 1 aromatic carbocycles. The molecule has 2 atom stereocenters. The maximum absolute atomic E-state index is 12.9. The predicted octanol–water partition coefficient (Wildman–Crippen LogP) is 2.73. The first kappa shape index (κ1) is 13.8. The number of hydrogen-bond donors (Lipinski definition) is 1. The molecule has 18 heavy (non-hydrogen) atoms. The molecule has 1 aliphatic rings. The molecule has 1 saturated heterocycles. The highest BCUT2D eigenvalue weighted by Crippen LogP contribution is 2.27. The molecular weight excluding hydrogens is 301 g/mol. The topological polar surface area (TPSA) is 30.5 Å². The highest BCUT2D eigenvalue weighted by molar-refractivity contribution is 9.10. The molecule has 1 aliphatic heterocycles. The number of hydrogen-bond acceptors (Lipinski definition) is 3. The second-order valence-corrected chi connectivity index (χ2v) is 5.26. The van der Waals surface area contributed by atoms with Gasteiger partial charge in [0.05, 0.1) is 16.7 Å². The smallest absolute Gasteiger partial charge is 0.133 e. The molecule has 2 rings (SSSR count). The fraction of sp³-hybridized carbons (Fsp3) is 0.538. The Morgan fingerprint density at radius 2 is 2.22 bits per heavy atom. The second-order valence-electron chi connectivity index (χ2n) is 4.40. The lowest BCUT2D eigenvalue weighted by Crippen LogP contribution is -2.25. The molecule has 3 nitrogen and oxygen atoms in total. The maximum Gasteiger partial charge on any atom is 0.133 e. The third kappa shape index (κ3) is 3.67. The average Bonchev–Trinajstić information content (AvgIpc) is 2.76. The van der Waals surface area contributed by atoms with Crippen LogP contribution in [-0.4, -0.2) is 32.4 Å². The van der Waals surface area contributed by atoms with Crippen LogP contribution in [0.2, 0.25) is 0 Å². The van der Waals surface area contributed by atoms with E-state index < -0.39 is 0 Å². The lowest BCUT2D eigenvalue weighted by molar-refractivity contribution is 0.0192. The van der Waals surface area contributed by atoms with Crippen molar-refractivity contribution in [2.24, 2.45) is 0 Å². The van der Waals surface area contributed by atoms with Gasteiger partial charge in [-0.2, -0.15) is 0 Å². The number of ether oxygens (including phenoxy) is 2. The Labute approximate surface area is 115 Å². The van der Waals surface area contributed by atoms with Crippen molar-refractivity contribution in [1.29, 1.82) is 0 Å². The van der Waals surface area contributed by atoms with Crippen LogP contribution in [0.4, 0.5) is 4.39 Å². The summed E-state index contributed by atoms with van der Waals surface area (Å²) in [6.07, 6.45) is 2.46. The van der Waals surface area contributed by atoms with Gasteiger partial charge in [0.1, 0.15) is 18.2 Å². The van der Waals surface area contributed by atoms with Gasteiger partial charge in [-0.15, -0.1) is 0 Å². The van der Waals surface area contributed by atoms with Crippen LogP contribution in [0.3, 0.4) is 0 Å². The second kappa shape index (κ2) is 6.50. The third-order valence-electron chi connectivity index (χ3n) is 2.95. The Balaban J connectivity index is 1.81. The molecule has 0 aliphatic carbocycles. The van der Waals surface area contributed by atoms with Gasteiger partial charge in [-0.25, -0.2) is 4.39 Å². The summed E-state index contributed by atoms with van der Waals surface area (Å²) >= 11 is 3.28. The molecule has 0 bridgehead atoms. The summed E-state index contributed by atoms with van der Waals surface area (Å²) in [6, 6.07) is 4.41. The van der Waals surface area contributed by atoms with Gasteiger partial charge in [-0.3, -0.25) is 0 Å². The molecule has 1 aromatic rings. The molecule has 0 amide bonds. The van der Waals surface area contributed by atoms with E-state index in [1.54, 1.807) is 6.07 Å². The number of benzene rings is 1. The largest absolute Gasteiger partial charge is 0.490 e. The van der Waals surface area contributed by atoms with Crippen LogP contribution >= 0.6 is 15.9 Å². The van der Waals surface area contributed by atoms with Crippen molar-refractivity contribution in [3.63, 3.8) is 0 Å². The van der Waals surface area contributed by atoms with E-state index in [1.165, 1.54) is 12.1 Å². The van der Waals surface area contributed by atoms with Crippen molar-refractivity contribution in [2.45, 2.75) is 25.0 Å². The van der Waals surface area contributed by atoms with Crippen LogP contribution in [-0.2, 0) is 4.74 Å². The highest BCUT2D eigenvalue weighted by Gasteiger charge is 2.25. The zero-order chi connectivity index (χ0) is 13.0. The van der Waals surface area contributed by atoms with E-state index in [-0.39, 0.29) is 18.0 Å². The maximum atomic E-state index is 12.9. The van der Waals surface area contributed by atoms with Crippen LogP contribution in [0.25, 0.3) is 0 Å². The fourth-order valence-electron chi connectivity index (χ4n) is 2.06. The molecule has 2 unspecified atom stereocenters. The molecule has 1 heterocycles. The van der Waals surface area contributed by atoms with Crippen molar-refractivity contribution >= 4 is 15.9 Å². The molecule has 0 saturated carbocycles. The van der Waals surface area contributed by atoms with Crippen molar-refractivity contribution in [3.8, 4) is 5.75 Å². The monoisotopic (exact) mass is 317 g/mol. The molecule has 100 valence electrons. The molecule has 0 radical (unpaired) electrons. The van der Waals surface area contributed by atoms with Gasteiger partial charge in [0.2, 0.25) is 0 Å². The summed E-state index contributed by atoms with van der Waals surface area (Å²) < 4.78 is 25.0. The van der Waals surface area contributed by atoms with Gasteiger partial charge in [0.25, 0.3) is 0 Å². The first-order valence-electron chi connectivity index (χ1n) is 6.07. The summed E-state index contributed by atoms with van der Waals surface area (Å²) in [5.74, 6) is 0.373. The van der Waals surface area contributed by atoms with E-state index in [2.05, 4.69) is 21.2 Å². The Morgan fingerprint density at radius 1 is 1.44 bits per heavy atom. The summed E-state index contributed by atoms with van der Waals surface area (Å²) in [4.78, 5) is 0. The van der Waals surface area contributed by atoms with E-state index in [4.69, 9.17) is 9.47 Å². The van der Waals surface area contributed by atoms with E-state index in [0.29, 0.717) is 16.8 Å². The highest BCUT2D eigenvalue weighted by atomic mass is 79.9. The van der Waals surface area contributed by atoms with Gasteiger partial charge >= 0.3 is 0 Å². The minimum absolute atomic E-state index is 0.125. The van der Waals surface area contributed by atoms with Crippen LogP contribution in [0.15, 0.2) is 22.7 Å². The molecule has 5 heteroatoms. The van der Waals surface area contributed by atoms with Gasteiger partial charge in [-0.05, 0) is 54.0 Å². The molecule has 0 aromatic heterocycles. The fourth-order valence-corrected chi connectivity index (χ4v) is 2.52. The van der Waals surface area contributed by atoms with Gasteiger partial charge in [0.15, 0.2) is 0 Å². The summed E-state index contributed by atoms with van der Waals surface area (Å²) in [5.41, 5.74) is 0. The number of rotatable bonds is 5. The molecule has 1 N–H and O–H groups in total. The van der Waals surface area contributed by atoms with Gasteiger partial charge in [0, 0.05) is 6.54 Å². The van der Waals surface area contributed by atoms with Crippen LogP contribution in [0, 0.1) is 5.82 Å². The van der Waals surface area contributed by atoms with Gasteiger partial charge in [-0.1, -0.05) is 0 Å². The third-order valence-corrected chi connectivity index (χ3v) is 3.57. The molecule has 0 spiro atoms. The first-order chi connectivity index (χ1) is 8.69. The van der Waals surface area contributed by atoms with E-state index in [9.17, 15) is 4.39 Å². The van der Waals surface area contributed by atoms with Crippen molar-refractivity contribution < 1.29 is 13.9 Å². The summed E-state index contributed by atoms with van der Waals surface area (Å²) in [5, 5.41) is 3.10. The van der Waals surface area contributed by atoms with Gasteiger partial charge < -0.3 is 14.8 Å². The van der Waals surface area contributed by atoms with Crippen molar-refractivity contribution in [2.75, 3.05) is 20.2 Å². The number of halogens is 2. The Hall–Kier alpha value is -0.650. The minimum atomic E-state index is -0.277. The molecular formula is C13H17BrFNO2. The van der Waals surface area contributed by atoms with Crippen LogP contribution < -0.4 is 10.1 Å². The zero-order valence-electron chi connectivity index (χ0n) is 10.3. The summed E-state index contributed by atoms with van der Waals surface area (Å²) in [6.45, 7) is 1.38. The Bertz CT molecular complexity index is 403. The van der Waals surface area contributed by atoms with E-state index in [1.807, 2.05) is 7.05 Å². The number of nitrogens with one attached hydrogen (secondary N) is 1. The lowest BCUT2D eigenvalue weighted by Gasteiger charge is -2.15. The Kier molecular flexibility index (Phi) is 4.97. The normalized spacial score (nSPS) is 23.3. The van der Waals surface area contributed by atoms with E-state index >= 15 is 0 Å². The van der Waals surface area contributed by atoms with Crippen LogP contribution in [0.1, 0.15) is 12.8 Å². The van der Waals surface area contributed by atoms with Crippen molar-refractivity contribution in [3.05, 3.63) is 28.5 Å². The summed E-state index contributed by atoms with van der Waals surface area (Å²) in [7, 11) is 1.92. The average molecular weight is 318 g/mol. The van der Waals surface area contributed by atoms with Crippen LogP contribution in [0.5, 0.6) is 5.75 Å². The predicted molar refractivity (Wildman–Crippen MR) is 71.4 cm³/mol. The quantitative estimate of drug-likeness (QED) is 0.905. The molecule has 1 fully saturated rings. The standard InChI is InChI=1S/C13H17BrFNO2/c1-16-7-10-3-4-11(18-10)8-17-13-5-2-9(15)6-12(13)14/h2,5-6,10-11,16H,3-4,7-8H2,1H3. The van der Waals surface area contributed by atoms with Crippen molar-refractivity contribution in [1.82, 2.24) is 5.32 Å². The first-order valence-corrected chi connectivity index (χ1v) is 6.86. The number of likely N-dealkylation sites (N-methyl/N-ethyl adjacent to an activating group) is 1. The SMILES string of the molecule is CNCC1CCC(COc2ccc(F)cc2Br)O1. The van der Waals surface area contributed by atoms with E-state index in [0.717, 1.165) is 19.4 Å². The minimum Gasteiger partial charge on any atom is -0.490 e.